The van der Waals surface area contributed by atoms with Crippen molar-refractivity contribution in [2.24, 2.45) is 0 Å². The summed E-state index contributed by atoms with van der Waals surface area (Å²) in [5.74, 6) is 1.83. The van der Waals surface area contributed by atoms with Gasteiger partial charge in [-0.25, -0.2) is 14.6 Å². The first-order chi connectivity index (χ1) is 20.6. The summed E-state index contributed by atoms with van der Waals surface area (Å²) in [5, 5.41) is 5.66. The molecule has 11 heteroatoms. The third kappa shape index (κ3) is 6.93. The summed E-state index contributed by atoms with van der Waals surface area (Å²) in [6, 6.07) is 17.3. The summed E-state index contributed by atoms with van der Waals surface area (Å²) in [4.78, 5) is 25.8. The van der Waals surface area contributed by atoms with Crippen LogP contribution in [0.3, 0.4) is 0 Å². The van der Waals surface area contributed by atoms with Crippen LogP contribution in [0.25, 0.3) is 22.3 Å². The zero-order valence-corrected chi connectivity index (χ0v) is 24.1. The van der Waals surface area contributed by atoms with Gasteiger partial charge in [-0.05, 0) is 42.8 Å². The van der Waals surface area contributed by atoms with Gasteiger partial charge < -0.3 is 24.8 Å². The molecule has 2 aromatic heterocycles. The Bertz CT molecular complexity index is 1480. The number of fused-ring (bicyclic) bond motifs is 1. The number of hydrogen-bond acceptors (Lipinski definition) is 9. The van der Waals surface area contributed by atoms with Crippen LogP contribution >= 0.6 is 0 Å². The zero-order valence-electron chi connectivity index (χ0n) is 24.1. The van der Waals surface area contributed by atoms with Gasteiger partial charge in [0.25, 0.3) is 0 Å². The lowest BCUT2D eigenvalue weighted by atomic mass is 10.1. The van der Waals surface area contributed by atoms with Crippen molar-refractivity contribution in [1.82, 2.24) is 29.5 Å². The smallest absolute Gasteiger partial charge is 0.246 e. The molecule has 0 radical (unpaired) electrons. The predicted octanol–water partition coefficient (Wildman–Crippen LogP) is 3.79. The number of hydrogen-bond donors (Lipinski definition) is 1. The van der Waals surface area contributed by atoms with Crippen LogP contribution in [0.5, 0.6) is 11.5 Å². The number of rotatable bonds is 13. The van der Waals surface area contributed by atoms with Crippen molar-refractivity contribution in [3.05, 3.63) is 73.1 Å². The molecule has 2 aromatic carbocycles. The zero-order chi connectivity index (χ0) is 29.3. The number of carbonyl (C=O) groups excluding carboxylic acids is 1. The molecule has 0 spiro atoms. The average molecular weight is 572 g/mol. The van der Waals surface area contributed by atoms with Gasteiger partial charge in [-0.2, -0.15) is 5.10 Å². The molecule has 0 bridgehead atoms. The molecule has 5 rings (SSSR count). The molecule has 11 nitrogen and oxygen atoms in total. The van der Waals surface area contributed by atoms with Crippen molar-refractivity contribution in [3.63, 3.8) is 0 Å². The molecule has 1 aliphatic rings. The topological polar surface area (TPSA) is 121 Å². The third-order valence-corrected chi connectivity index (χ3v) is 7.29. The Labute approximate surface area is 245 Å². The van der Waals surface area contributed by atoms with Gasteiger partial charge in [0.05, 0.1) is 24.6 Å². The molecule has 0 aliphatic carbocycles. The van der Waals surface area contributed by atoms with Gasteiger partial charge in [-0.3, -0.25) is 9.69 Å². The predicted molar refractivity (Wildman–Crippen MR) is 161 cm³/mol. The molecule has 1 saturated heterocycles. The number of carbonyl (C=O) groups is 1. The number of para-hydroxylation sites is 1. The van der Waals surface area contributed by atoms with Crippen molar-refractivity contribution in [1.29, 1.82) is 0 Å². The molecule has 0 saturated carbocycles. The standard InChI is InChI=1S/C31H37N7O4/c1-40-19-17-36(18-20-41-2)15-6-9-27(39)37-16-14-24(21-37)38-31-28(30(32)33-22-34-31)29(35-38)23-10-12-26(13-11-23)42-25-7-4-3-5-8-25/h3-13,22,24H,14-21H2,1-2H3,(H2,32,33,34)/b9-6+. The second kappa shape index (κ2) is 14.0. The number of ether oxygens (including phenoxy) is 3. The van der Waals surface area contributed by atoms with Gasteiger partial charge >= 0.3 is 0 Å². The summed E-state index contributed by atoms with van der Waals surface area (Å²) >= 11 is 0. The van der Waals surface area contributed by atoms with E-state index in [1.54, 1.807) is 20.3 Å². The number of nitrogen functional groups attached to an aromatic ring is 1. The van der Waals surface area contributed by atoms with Crippen molar-refractivity contribution < 1.29 is 19.0 Å². The van der Waals surface area contributed by atoms with Crippen LogP contribution < -0.4 is 10.5 Å². The van der Waals surface area contributed by atoms with Crippen LogP contribution in [-0.2, 0) is 14.3 Å². The Morgan fingerprint density at radius 3 is 2.45 bits per heavy atom. The number of benzene rings is 2. The van der Waals surface area contributed by atoms with Crippen LogP contribution in [0.2, 0.25) is 0 Å². The van der Waals surface area contributed by atoms with E-state index in [4.69, 9.17) is 25.0 Å². The second-order valence-electron chi connectivity index (χ2n) is 10.1. The van der Waals surface area contributed by atoms with Crippen molar-refractivity contribution in [2.45, 2.75) is 12.5 Å². The maximum atomic E-state index is 13.0. The quantitative estimate of drug-likeness (QED) is 0.239. The number of nitrogens with zero attached hydrogens (tertiary/aromatic N) is 6. The molecule has 1 atom stereocenters. The molecule has 1 amide bonds. The first kappa shape index (κ1) is 29.2. The Kier molecular flexibility index (Phi) is 9.75. The maximum absolute atomic E-state index is 13.0. The van der Waals surface area contributed by atoms with Gasteiger partial charge in [-0.1, -0.05) is 24.3 Å². The fraction of sp³-hybridized carbons (Fsp3) is 0.355. The van der Waals surface area contributed by atoms with E-state index in [0.29, 0.717) is 55.4 Å². The first-order valence-corrected chi connectivity index (χ1v) is 14.0. The van der Waals surface area contributed by atoms with E-state index >= 15 is 0 Å². The minimum Gasteiger partial charge on any atom is -0.457 e. The Morgan fingerprint density at radius 1 is 1.02 bits per heavy atom. The van der Waals surface area contributed by atoms with E-state index in [9.17, 15) is 4.79 Å². The van der Waals surface area contributed by atoms with Crippen LogP contribution in [0, 0.1) is 0 Å². The molecular weight excluding hydrogens is 534 g/mol. The highest BCUT2D eigenvalue weighted by molar-refractivity contribution is 5.98. The molecule has 1 fully saturated rings. The second-order valence-corrected chi connectivity index (χ2v) is 10.1. The minimum absolute atomic E-state index is 0.0178. The molecule has 4 aromatic rings. The number of nitrogens with two attached hydrogens (primary N) is 1. The normalized spacial score (nSPS) is 15.3. The number of aromatic nitrogens is 4. The summed E-state index contributed by atoms with van der Waals surface area (Å²) in [7, 11) is 3.36. The average Bonchev–Trinajstić information content (AvgIpc) is 3.65. The molecule has 220 valence electrons. The van der Waals surface area contributed by atoms with Crippen molar-refractivity contribution in [2.75, 3.05) is 65.9 Å². The molecule has 3 heterocycles. The lowest BCUT2D eigenvalue weighted by Crippen LogP contribution is -2.31. The highest BCUT2D eigenvalue weighted by atomic mass is 16.5. The lowest BCUT2D eigenvalue weighted by Gasteiger charge is -2.20. The molecule has 42 heavy (non-hydrogen) atoms. The Hall–Kier alpha value is -4.32. The van der Waals surface area contributed by atoms with E-state index in [1.807, 2.05) is 70.3 Å². The van der Waals surface area contributed by atoms with Gasteiger partial charge in [0.2, 0.25) is 5.91 Å². The van der Waals surface area contributed by atoms with Gasteiger partial charge in [-0.15, -0.1) is 0 Å². The number of likely N-dealkylation sites (tertiary alicyclic amines) is 1. The highest BCUT2D eigenvalue weighted by Crippen LogP contribution is 2.35. The molecule has 1 unspecified atom stereocenters. The Balaban J connectivity index is 1.29. The highest BCUT2D eigenvalue weighted by Gasteiger charge is 2.30. The van der Waals surface area contributed by atoms with E-state index in [1.165, 1.54) is 6.33 Å². The fourth-order valence-corrected chi connectivity index (χ4v) is 5.04. The van der Waals surface area contributed by atoms with Crippen LogP contribution in [0.1, 0.15) is 12.5 Å². The van der Waals surface area contributed by atoms with Crippen LogP contribution in [0.15, 0.2) is 73.1 Å². The van der Waals surface area contributed by atoms with Crippen LogP contribution in [-0.4, -0.2) is 95.6 Å². The first-order valence-electron chi connectivity index (χ1n) is 14.0. The van der Waals surface area contributed by atoms with Gasteiger partial charge in [0, 0.05) is 58.6 Å². The SMILES string of the molecule is COCCN(C/C=C/C(=O)N1CCC(n2nc(-c3ccc(Oc4ccccc4)cc3)c3c(N)ncnc32)C1)CCOC. The van der Waals surface area contributed by atoms with Crippen molar-refractivity contribution >= 4 is 22.8 Å². The number of amides is 1. The monoisotopic (exact) mass is 571 g/mol. The molecule has 2 N–H and O–H groups in total. The fourth-order valence-electron chi connectivity index (χ4n) is 5.04. The van der Waals surface area contributed by atoms with Gasteiger partial charge in [0.15, 0.2) is 5.65 Å². The molecule has 1 aliphatic heterocycles. The van der Waals surface area contributed by atoms with E-state index in [2.05, 4.69) is 14.9 Å². The van der Waals surface area contributed by atoms with Gasteiger partial charge in [0.1, 0.15) is 29.3 Å². The van der Waals surface area contributed by atoms with E-state index in [0.717, 1.165) is 36.6 Å². The van der Waals surface area contributed by atoms with Crippen molar-refractivity contribution in [3.8, 4) is 22.8 Å². The number of methoxy groups -OCH3 is 2. The Morgan fingerprint density at radius 2 is 1.74 bits per heavy atom. The summed E-state index contributed by atoms with van der Waals surface area (Å²) < 4.78 is 18.2. The largest absolute Gasteiger partial charge is 0.457 e. The van der Waals surface area contributed by atoms with E-state index in [-0.39, 0.29) is 11.9 Å². The lowest BCUT2D eigenvalue weighted by molar-refractivity contribution is -0.125. The summed E-state index contributed by atoms with van der Waals surface area (Å²) in [6.07, 6.45) is 5.77. The third-order valence-electron chi connectivity index (χ3n) is 7.29. The number of anilines is 1. The summed E-state index contributed by atoms with van der Waals surface area (Å²) in [6.45, 7) is 4.60. The maximum Gasteiger partial charge on any atom is 0.246 e. The molecular formula is C31H37N7O4. The van der Waals surface area contributed by atoms with Crippen LogP contribution in [0.4, 0.5) is 5.82 Å². The summed E-state index contributed by atoms with van der Waals surface area (Å²) in [5.41, 5.74) is 8.56. The minimum atomic E-state index is -0.0338. The van der Waals surface area contributed by atoms with E-state index < -0.39 is 0 Å².